The Morgan fingerprint density at radius 2 is 1.92 bits per heavy atom. The summed E-state index contributed by atoms with van der Waals surface area (Å²) in [5.41, 5.74) is 0.306. The molecule has 1 amide bonds. The molecular weight excluding hydrogens is 350 g/mol. The normalized spacial score (nSPS) is 11.8. The summed E-state index contributed by atoms with van der Waals surface area (Å²) < 4.78 is 32.0. The van der Waals surface area contributed by atoms with E-state index < -0.39 is 17.7 Å². The minimum atomic E-state index is -0.642. The van der Waals surface area contributed by atoms with Crippen molar-refractivity contribution >= 4 is 17.5 Å². The molecule has 0 fully saturated rings. The van der Waals surface area contributed by atoms with Crippen molar-refractivity contribution in [2.24, 2.45) is 0 Å². The molecule has 1 atom stereocenters. The second-order valence-corrected chi connectivity index (χ2v) is 5.86. The van der Waals surface area contributed by atoms with Gasteiger partial charge in [-0.05, 0) is 37.3 Å². The zero-order valence-electron chi connectivity index (χ0n) is 13.7. The molecule has 0 aliphatic carbocycles. The number of carbonyl (C=O) groups is 1. The highest BCUT2D eigenvalue weighted by atomic mass is 35.5. The van der Waals surface area contributed by atoms with E-state index in [-0.39, 0.29) is 12.5 Å². The van der Waals surface area contributed by atoms with Crippen molar-refractivity contribution in [3.63, 3.8) is 0 Å². The lowest BCUT2D eigenvalue weighted by Crippen LogP contribution is -2.37. The third-order valence-electron chi connectivity index (χ3n) is 3.50. The molecule has 2 aromatic carbocycles. The highest BCUT2D eigenvalue weighted by molar-refractivity contribution is 6.30. The van der Waals surface area contributed by atoms with Crippen LogP contribution in [-0.4, -0.2) is 25.6 Å². The number of hydrogen-bond donors (Lipinski definition) is 2. The molecule has 0 aromatic heterocycles. The fourth-order valence-electron chi connectivity index (χ4n) is 2.16. The maximum atomic E-state index is 13.7. The van der Waals surface area contributed by atoms with Gasteiger partial charge in [0, 0.05) is 22.7 Å². The predicted octanol–water partition coefficient (Wildman–Crippen LogP) is 3.46. The van der Waals surface area contributed by atoms with Crippen LogP contribution in [0.25, 0.3) is 0 Å². The van der Waals surface area contributed by atoms with Gasteiger partial charge in [0.05, 0.1) is 13.1 Å². The van der Waals surface area contributed by atoms with E-state index in [1.165, 1.54) is 12.1 Å². The lowest BCUT2D eigenvalue weighted by Gasteiger charge is -2.15. The van der Waals surface area contributed by atoms with E-state index in [1.807, 2.05) is 0 Å². The molecule has 0 saturated carbocycles. The lowest BCUT2D eigenvalue weighted by atomic mass is 10.1. The zero-order valence-corrected chi connectivity index (χ0v) is 14.4. The average Bonchev–Trinajstić information content (AvgIpc) is 2.58. The molecule has 0 heterocycles. The van der Waals surface area contributed by atoms with Gasteiger partial charge in [0.25, 0.3) is 0 Å². The topological polar surface area (TPSA) is 50.4 Å². The van der Waals surface area contributed by atoms with Gasteiger partial charge in [-0.1, -0.05) is 17.7 Å². The van der Waals surface area contributed by atoms with Gasteiger partial charge in [0.15, 0.2) is 0 Å². The van der Waals surface area contributed by atoms with Crippen molar-refractivity contribution in [3.05, 3.63) is 64.7 Å². The molecule has 2 rings (SSSR count). The molecule has 0 spiro atoms. The average molecular weight is 369 g/mol. The third kappa shape index (κ3) is 6.32. The quantitative estimate of drug-likeness (QED) is 0.701. The van der Waals surface area contributed by atoms with Gasteiger partial charge < -0.3 is 15.4 Å². The van der Waals surface area contributed by atoms with E-state index >= 15 is 0 Å². The number of halogens is 3. The summed E-state index contributed by atoms with van der Waals surface area (Å²) in [6, 6.07) is 9.86. The molecule has 7 heteroatoms. The summed E-state index contributed by atoms with van der Waals surface area (Å²) >= 11 is 5.77. The standard InChI is InChI=1S/C18H19ClF2N2O2/c1-12(16-7-4-14(20)10-17(16)21)23-11-18(24)22-8-9-25-15-5-2-13(19)3-6-15/h2-7,10,12,23H,8-9,11H2,1H3,(H,22,24)/t12-/m0/s1. The van der Waals surface area contributed by atoms with Gasteiger partial charge in [-0.15, -0.1) is 0 Å². The predicted molar refractivity (Wildman–Crippen MR) is 92.7 cm³/mol. The minimum absolute atomic E-state index is 0.0128. The minimum Gasteiger partial charge on any atom is -0.492 e. The van der Waals surface area contributed by atoms with Crippen molar-refractivity contribution in [2.75, 3.05) is 19.7 Å². The first-order valence-electron chi connectivity index (χ1n) is 7.79. The fraction of sp³-hybridized carbons (Fsp3) is 0.278. The summed E-state index contributed by atoms with van der Waals surface area (Å²) in [5.74, 6) is -0.852. The van der Waals surface area contributed by atoms with Crippen molar-refractivity contribution in [2.45, 2.75) is 13.0 Å². The van der Waals surface area contributed by atoms with Crippen LogP contribution in [0.3, 0.4) is 0 Å². The number of carbonyl (C=O) groups excluding carboxylic acids is 1. The molecule has 0 bridgehead atoms. The summed E-state index contributed by atoms with van der Waals surface area (Å²) in [4.78, 5) is 11.8. The smallest absolute Gasteiger partial charge is 0.234 e. The van der Waals surface area contributed by atoms with Crippen LogP contribution in [0, 0.1) is 11.6 Å². The number of nitrogens with one attached hydrogen (secondary N) is 2. The Bertz CT molecular complexity index is 711. The molecule has 2 N–H and O–H groups in total. The van der Waals surface area contributed by atoms with Crippen LogP contribution >= 0.6 is 11.6 Å². The second kappa shape index (κ2) is 9.34. The molecular formula is C18H19ClF2N2O2. The Labute approximate surface area is 150 Å². The van der Waals surface area contributed by atoms with Crippen LogP contribution in [0.2, 0.25) is 5.02 Å². The Hall–Kier alpha value is -2.18. The van der Waals surface area contributed by atoms with Gasteiger partial charge in [-0.3, -0.25) is 4.79 Å². The van der Waals surface area contributed by atoms with Gasteiger partial charge in [-0.2, -0.15) is 0 Å². The van der Waals surface area contributed by atoms with Gasteiger partial charge in [-0.25, -0.2) is 8.78 Å². The van der Waals surface area contributed by atoms with Crippen molar-refractivity contribution in [3.8, 4) is 5.75 Å². The fourth-order valence-corrected chi connectivity index (χ4v) is 2.29. The Kier molecular flexibility index (Phi) is 7.16. The van der Waals surface area contributed by atoms with E-state index in [4.69, 9.17) is 16.3 Å². The van der Waals surface area contributed by atoms with E-state index in [9.17, 15) is 13.6 Å². The van der Waals surface area contributed by atoms with Crippen LogP contribution in [0.15, 0.2) is 42.5 Å². The summed E-state index contributed by atoms with van der Waals surface area (Å²) in [7, 11) is 0. The van der Waals surface area contributed by atoms with Crippen molar-refractivity contribution in [1.82, 2.24) is 10.6 Å². The van der Waals surface area contributed by atoms with Crippen LogP contribution in [0.4, 0.5) is 8.78 Å². The van der Waals surface area contributed by atoms with Crippen LogP contribution in [0.5, 0.6) is 5.75 Å². The Balaban J connectivity index is 1.67. The molecule has 0 aliphatic heterocycles. The van der Waals surface area contributed by atoms with Gasteiger partial charge in [0.1, 0.15) is 24.0 Å². The van der Waals surface area contributed by atoms with E-state index in [2.05, 4.69) is 10.6 Å². The van der Waals surface area contributed by atoms with Crippen molar-refractivity contribution in [1.29, 1.82) is 0 Å². The highest BCUT2D eigenvalue weighted by Gasteiger charge is 2.12. The summed E-state index contributed by atoms with van der Waals surface area (Å²) in [5, 5.41) is 6.21. The number of hydrogen-bond acceptors (Lipinski definition) is 3. The highest BCUT2D eigenvalue weighted by Crippen LogP contribution is 2.17. The summed E-state index contributed by atoms with van der Waals surface area (Å²) in [6.07, 6.45) is 0. The molecule has 0 radical (unpaired) electrons. The van der Waals surface area contributed by atoms with Gasteiger partial charge >= 0.3 is 0 Å². The van der Waals surface area contributed by atoms with E-state index in [1.54, 1.807) is 31.2 Å². The SMILES string of the molecule is C[C@H](NCC(=O)NCCOc1ccc(Cl)cc1)c1ccc(F)cc1F. The Morgan fingerprint density at radius 1 is 1.20 bits per heavy atom. The first-order valence-corrected chi connectivity index (χ1v) is 8.17. The molecule has 0 aliphatic rings. The monoisotopic (exact) mass is 368 g/mol. The number of rotatable bonds is 8. The molecule has 0 saturated heterocycles. The first-order chi connectivity index (χ1) is 12.0. The maximum Gasteiger partial charge on any atom is 0.234 e. The summed E-state index contributed by atoms with van der Waals surface area (Å²) in [6.45, 7) is 2.37. The largest absolute Gasteiger partial charge is 0.492 e. The molecule has 0 unspecified atom stereocenters. The van der Waals surface area contributed by atoms with Crippen LogP contribution in [0.1, 0.15) is 18.5 Å². The maximum absolute atomic E-state index is 13.7. The zero-order chi connectivity index (χ0) is 18.2. The lowest BCUT2D eigenvalue weighted by molar-refractivity contribution is -0.120. The molecule has 4 nitrogen and oxygen atoms in total. The molecule has 25 heavy (non-hydrogen) atoms. The van der Waals surface area contributed by atoms with E-state index in [0.29, 0.717) is 29.5 Å². The molecule has 134 valence electrons. The van der Waals surface area contributed by atoms with Gasteiger partial charge in [0.2, 0.25) is 5.91 Å². The third-order valence-corrected chi connectivity index (χ3v) is 3.76. The van der Waals surface area contributed by atoms with E-state index in [0.717, 1.165) is 6.07 Å². The van der Waals surface area contributed by atoms with Crippen LogP contribution < -0.4 is 15.4 Å². The second-order valence-electron chi connectivity index (χ2n) is 5.42. The van der Waals surface area contributed by atoms with Crippen LogP contribution in [-0.2, 0) is 4.79 Å². The first kappa shape index (κ1) is 19.1. The number of ether oxygens (including phenoxy) is 1. The molecule has 2 aromatic rings. The Morgan fingerprint density at radius 3 is 2.60 bits per heavy atom. The number of benzene rings is 2. The number of amides is 1. The van der Waals surface area contributed by atoms with Crippen molar-refractivity contribution < 1.29 is 18.3 Å².